The molecule has 1 aromatic rings. The van der Waals surface area contributed by atoms with Gasteiger partial charge in [0.25, 0.3) is 0 Å². The molecule has 0 spiro atoms. The van der Waals surface area contributed by atoms with Crippen molar-refractivity contribution in [2.75, 3.05) is 6.73 Å². The molecule has 1 heterocycles. The van der Waals surface area contributed by atoms with Crippen molar-refractivity contribution >= 4 is 28.1 Å². The molecular weight excluding hydrogens is 301 g/mol. The van der Waals surface area contributed by atoms with Crippen LogP contribution in [0.1, 0.15) is 10.5 Å². The number of esters is 1. The Kier molecular flexibility index (Phi) is 4.03. The van der Waals surface area contributed by atoms with Crippen LogP contribution in [0.5, 0.6) is 0 Å². The zero-order valence-corrected chi connectivity index (χ0v) is 12.0. The number of rotatable bonds is 3. The van der Waals surface area contributed by atoms with Gasteiger partial charge in [-0.25, -0.2) is 0 Å². The van der Waals surface area contributed by atoms with Gasteiger partial charge in [0.2, 0.25) is 0 Å². The fraction of sp³-hybridized carbons (Fsp3) is 0.444. The van der Waals surface area contributed by atoms with Gasteiger partial charge in [0.15, 0.2) is 0 Å². The molecule has 0 aliphatic heterocycles. The number of nitrogens with two attached hydrogens (primary N) is 1. The predicted molar refractivity (Wildman–Crippen MR) is 59.5 cm³/mol. The van der Waals surface area contributed by atoms with Crippen molar-refractivity contribution in [3.05, 3.63) is 18.1 Å². The SMILES string of the molecule is [CH3][Sn]([CH3])([CH3])[c]1cncc(C(=O)OCN)n1. The monoisotopic (exact) mass is 317 g/mol. The van der Waals surface area contributed by atoms with Gasteiger partial charge in [-0.2, -0.15) is 0 Å². The zero-order chi connectivity index (χ0) is 11.5. The molecule has 1 rings (SSSR count). The van der Waals surface area contributed by atoms with Gasteiger partial charge < -0.3 is 0 Å². The van der Waals surface area contributed by atoms with E-state index < -0.39 is 24.3 Å². The first-order valence-corrected chi connectivity index (χ1v) is 14.6. The summed E-state index contributed by atoms with van der Waals surface area (Å²) in [7, 11) is 0. The van der Waals surface area contributed by atoms with E-state index in [4.69, 9.17) is 5.73 Å². The number of nitrogens with zero attached hydrogens (tertiary/aromatic N) is 2. The Balaban J connectivity index is 2.98. The molecule has 0 amide bonds. The molecule has 82 valence electrons. The van der Waals surface area contributed by atoms with Crippen LogP contribution in [0.15, 0.2) is 12.4 Å². The predicted octanol–water partition coefficient (Wildman–Crippen LogP) is 0.0948. The summed E-state index contributed by atoms with van der Waals surface area (Å²) in [6.07, 6.45) is 3.13. The van der Waals surface area contributed by atoms with Crippen LogP contribution in [0.2, 0.25) is 14.8 Å². The summed E-state index contributed by atoms with van der Waals surface area (Å²) in [5.41, 5.74) is 5.35. The molecule has 0 fully saturated rings. The summed E-state index contributed by atoms with van der Waals surface area (Å²) in [6, 6.07) is 0. The fourth-order valence-corrected chi connectivity index (χ4v) is 3.59. The van der Waals surface area contributed by atoms with E-state index in [0.717, 1.165) is 3.71 Å². The van der Waals surface area contributed by atoms with Crippen molar-refractivity contribution in [2.45, 2.75) is 14.8 Å². The van der Waals surface area contributed by atoms with E-state index in [9.17, 15) is 4.79 Å². The Bertz CT molecular complexity index is 363. The average Bonchev–Trinajstić information content (AvgIpc) is 2.17. The molecule has 5 nitrogen and oxygen atoms in total. The van der Waals surface area contributed by atoms with Gasteiger partial charge in [0, 0.05) is 0 Å². The van der Waals surface area contributed by atoms with Crippen molar-refractivity contribution in [1.82, 2.24) is 9.97 Å². The van der Waals surface area contributed by atoms with Gasteiger partial charge >= 0.3 is 92.9 Å². The molecule has 0 saturated carbocycles. The van der Waals surface area contributed by atoms with Gasteiger partial charge in [0.05, 0.1) is 0 Å². The molecule has 0 aromatic carbocycles. The molecule has 0 saturated heterocycles. The Morgan fingerprint density at radius 1 is 1.47 bits per heavy atom. The molecule has 0 atom stereocenters. The second-order valence-corrected chi connectivity index (χ2v) is 18.4. The molecule has 0 radical (unpaired) electrons. The number of hydrogen-bond donors (Lipinski definition) is 1. The topological polar surface area (TPSA) is 78.1 Å². The van der Waals surface area contributed by atoms with Gasteiger partial charge in [-0.3, -0.25) is 0 Å². The first-order chi connectivity index (χ1) is 6.95. The summed E-state index contributed by atoms with van der Waals surface area (Å²) < 4.78 is 5.61. The van der Waals surface area contributed by atoms with Gasteiger partial charge in [-0.15, -0.1) is 0 Å². The third-order valence-electron chi connectivity index (χ3n) is 1.83. The third kappa shape index (κ3) is 3.42. The zero-order valence-electron chi connectivity index (χ0n) is 9.15. The molecule has 0 aliphatic rings. The quantitative estimate of drug-likeness (QED) is 0.486. The summed E-state index contributed by atoms with van der Waals surface area (Å²) in [5, 5.41) is 0. The van der Waals surface area contributed by atoms with E-state index in [1.54, 1.807) is 6.20 Å². The summed E-state index contributed by atoms with van der Waals surface area (Å²) in [4.78, 5) is 26.2. The number of ether oxygens (including phenoxy) is 1. The Morgan fingerprint density at radius 2 is 2.13 bits per heavy atom. The maximum absolute atomic E-state index is 11.3. The molecule has 0 bridgehead atoms. The first-order valence-electron chi connectivity index (χ1n) is 4.65. The molecule has 6 heteroatoms. The van der Waals surface area contributed by atoms with Crippen LogP contribution in [0.4, 0.5) is 0 Å². The summed E-state index contributed by atoms with van der Waals surface area (Å²) in [6.45, 7) is -0.135. The van der Waals surface area contributed by atoms with Crippen molar-refractivity contribution < 1.29 is 9.53 Å². The molecule has 2 N–H and O–H groups in total. The summed E-state index contributed by atoms with van der Waals surface area (Å²) >= 11 is -2.26. The van der Waals surface area contributed by atoms with E-state index >= 15 is 0 Å². The van der Waals surface area contributed by atoms with E-state index in [1.807, 2.05) is 0 Å². The van der Waals surface area contributed by atoms with E-state index in [-0.39, 0.29) is 12.4 Å². The van der Waals surface area contributed by atoms with E-state index in [0.29, 0.717) is 0 Å². The van der Waals surface area contributed by atoms with Gasteiger partial charge in [-0.05, 0) is 0 Å². The van der Waals surface area contributed by atoms with E-state index in [1.165, 1.54) is 6.20 Å². The van der Waals surface area contributed by atoms with Crippen LogP contribution in [0, 0.1) is 0 Å². The van der Waals surface area contributed by atoms with Crippen molar-refractivity contribution in [2.24, 2.45) is 5.73 Å². The fourth-order valence-electron chi connectivity index (χ4n) is 0.975. The number of hydrogen-bond acceptors (Lipinski definition) is 5. The number of carbonyl (C=O) groups is 1. The van der Waals surface area contributed by atoms with Crippen molar-refractivity contribution in [3.8, 4) is 0 Å². The molecule has 0 unspecified atom stereocenters. The van der Waals surface area contributed by atoms with Crippen LogP contribution >= 0.6 is 0 Å². The summed E-state index contributed by atoms with van der Waals surface area (Å²) in [5.74, 6) is -0.512. The van der Waals surface area contributed by atoms with Crippen LogP contribution < -0.4 is 9.44 Å². The first kappa shape index (κ1) is 12.4. The van der Waals surface area contributed by atoms with Crippen LogP contribution in [-0.2, 0) is 4.74 Å². The van der Waals surface area contributed by atoms with Crippen LogP contribution in [-0.4, -0.2) is 41.0 Å². The molecular formula is C9H15N3O2Sn. The Hall–Kier alpha value is -0.691. The number of carbonyl (C=O) groups excluding carboxylic acids is 1. The maximum atomic E-state index is 11.3. The molecule has 0 aliphatic carbocycles. The Morgan fingerprint density at radius 3 is 2.67 bits per heavy atom. The van der Waals surface area contributed by atoms with Gasteiger partial charge in [-0.1, -0.05) is 0 Å². The normalized spacial score (nSPS) is 11.2. The van der Waals surface area contributed by atoms with Crippen LogP contribution in [0.3, 0.4) is 0 Å². The standard InChI is InChI=1S/C6H6N3O2.3CH3.Sn/c7-4-11-6(10)5-3-8-1-2-9-5;;;;/h1,3H,4,7H2;3*1H3;. The minimum atomic E-state index is -2.26. The van der Waals surface area contributed by atoms with Crippen molar-refractivity contribution in [3.63, 3.8) is 0 Å². The average molecular weight is 316 g/mol. The number of aromatic nitrogens is 2. The molecule has 1 aromatic heterocycles. The third-order valence-corrected chi connectivity index (χ3v) is 6.90. The minimum absolute atomic E-state index is 0.135. The molecule has 15 heavy (non-hydrogen) atoms. The van der Waals surface area contributed by atoms with Crippen molar-refractivity contribution in [1.29, 1.82) is 0 Å². The van der Waals surface area contributed by atoms with E-state index in [2.05, 4.69) is 29.5 Å². The second kappa shape index (κ2) is 4.89. The van der Waals surface area contributed by atoms with Crippen LogP contribution in [0.25, 0.3) is 0 Å². The van der Waals surface area contributed by atoms with Gasteiger partial charge in [0.1, 0.15) is 0 Å². The second-order valence-electron chi connectivity index (χ2n) is 4.14. The Labute approximate surface area is 92.9 Å².